The van der Waals surface area contributed by atoms with E-state index in [1.54, 1.807) is 0 Å². The summed E-state index contributed by atoms with van der Waals surface area (Å²) in [4.78, 5) is 0. The smallest absolute Gasteiger partial charge is 0.200 e. The molecular formula is C21H9F15P+. The third-order valence-corrected chi connectivity index (χ3v) is 8.76. The summed E-state index contributed by atoms with van der Waals surface area (Å²) in [5, 5.41) is -7.75. The molecule has 0 spiro atoms. The second kappa shape index (κ2) is 10.4. The molecular weight excluding hydrogens is 568 g/mol. The molecule has 0 aromatic heterocycles. The molecule has 0 amide bonds. The van der Waals surface area contributed by atoms with Gasteiger partial charge in [0.05, 0.1) is 6.66 Å². The quantitative estimate of drug-likeness (QED) is 0.140. The molecule has 0 atom stereocenters. The summed E-state index contributed by atoms with van der Waals surface area (Å²) >= 11 is 0. The van der Waals surface area contributed by atoms with Gasteiger partial charge in [-0.25, -0.2) is 39.5 Å². The number of rotatable bonds is 3. The minimum atomic E-state index is -6.16. The zero-order chi connectivity index (χ0) is 28.9. The van der Waals surface area contributed by atoms with E-state index in [1.807, 2.05) is 13.8 Å². The molecule has 0 aliphatic heterocycles. The molecule has 0 heterocycles. The van der Waals surface area contributed by atoms with Crippen LogP contribution in [0, 0.1) is 87.3 Å². The summed E-state index contributed by atoms with van der Waals surface area (Å²) in [7, 11) is -6.16. The Bertz CT molecular complexity index is 1160. The lowest BCUT2D eigenvalue weighted by molar-refractivity contribution is 0.381. The Morgan fingerprint density at radius 3 is 0.514 bits per heavy atom. The second-order valence-electron chi connectivity index (χ2n) is 6.76. The molecule has 0 saturated carbocycles. The van der Waals surface area contributed by atoms with Gasteiger partial charge in [0.25, 0.3) is 0 Å². The van der Waals surface area contributed by atoms with Crippen molar-refractivity contribution in [1.82, 2.24) is 0 Å². The van der Waals surface area contributed by atoms with Gasteiger partial charge in [0.15, 0.2) is 15.9 Å². The van der Waals surface area contributed by atoms with Crippen LogP contribution < -0.4 is 15.9 Å². The molecule has 3 rings (SSSR count). The standard InChI is InChI=1S/C19H3F15P.C2H6/c1-35(17-11(29)5(23)2(20)6(24)12(17)30,18-13(31)7(25)3(21)8(26)14(18)32)19-15(33)9(27)4(22)10(28)16(19)34;1-2/h1H3;1-2H3/q+1;. The lowest BCUT2D eigenvalue weighted by atomic mass is 10.3. The number of hydrogen-bond donors (Lipinski definition) is 0. The average Bonchev–Trinajstić information content (AvgIpc) is 2.87. The maximum Gasteiger partial charge on any atom is 0.207 e. The van der Waals surface area contributed by atoms with E-state index in [1.165, 1.54) is 0 Å². The van der Waals surface area contributed by atoms with Gasteiger partial charge in [-0.1, -0.05) is 13.8 Å². The van der Waals surface area contributed by atoms with Crippen LogP contribution in [0.4, 0.5) is 65.9 Å². The highest BCUT2D eigenvalue weighted by molar-refractivity contribution is 7.95. The molecule has 202 valence electrons. The molecule has 0 unspecified atom stereocenters. The van der Waals surface area contributed by atoms with E-state index in [0.29, 0.717) is 0 Å². The normalized spacial score (nSPS) is 11.5. The Morgan fingerprint density at radius 1 is 0.270 bits per heavy atom. The third-order valence-electron chi connectivity index (χ3n) is 4.90. The molecule has 16 heteroatoms. The highest BCUT2D eigenvalue weighted by Gasteiger charge is 2.58. The highest BCUT2D eigenvalue weighted by atomic mass is 31.2. The number of halogens is 15. The molecule has 0 fully saturated rings. The van der Waals surface area contributed by atoms with Gasteiger partial charge >= 0.3 is 0 Å². The number of benzene rings is 3. The lowest BCUT2D eigenvalue weighted by Gasteiger charge is -2.26. The van der Waals surface area contributed by atoms with Crippen LogP contribution in [0.25, 0.3) is 0 Å². The molecule has 3 aromatic carbocycles. The van der Waals surface area contributed by atoms with Gasteiger partial charge in [-0.2, -0.15) is 26.3 Å². The first-order valence-corrected chi connectivity index (χ1v) is 11.7. The van der Waals surface area contributed by atoms with Crippen molar-refractivity contribution in [1.29, 1.82) is 0 Å². The van der Waals surface area contributed by atoms with Crippen LogP contribution in [0.1, 0.15) is 13.8 Å². The molecule has 0 aliphatic rings. The van der Waals surface area contributed by atoms with Crippen LogP contribution in [0.2, 0.25) is 0 Å². The Kier molecular flexibility index (Phi) is 8.53. The van der Waals surface area contributed by atoms with Crippen molar-refractivity contribution >= 4 is 23.2 Å². The van der Waals surface area contributed by atoms with E-state index in [-0.39, 0.29) is 6.66 Å². The number of hydrogen-bond acceptors (Lipinski definition) is 0. The van der Waals surface area contributed by atoms with Gasteiger partial charge in [0, 0.05) is 0 Å². The molecule has 0 aliphatic carbocycles. The first kappa shape index (κ1) is 30.3. The van der Waals surface area contributed by atoms with E-state index in [9.17, 15) is 65.9 Å². The van der Waals surface area contributed by atoms with Crippen LogP contribution in [0.15, 0.2) is 0 Å². The summed E-state index contributed by atoms with van der Waals surface area (Å²) in [5.74, 6) is -44.8. The zero-order valence-electron chi connectivity index (χ0n) is 18.1. The van der Waals surface area contributed by atoms with Crippen molar-refractivity contribution in [3.8, 4) is 0 Å². The van der Waals surface area contributed by atoms with Crippen molar-refractivity contribution in [2.45, 2.75) is 13.8 Å². The predicted octanol–water partition coefficient (Wildman–Crippen LogP) is 6.72. The van der Waals surface area contributed by atoms with E-state index < -0.39 is 110 Å². The van der Waals surface area contributed by atoms with Crippen LogP contribution in [0.3, 0.4) is 0 Å². The Labute approximate surface area is 197 Å². The lowest BCUT2D eigenvalue weighted by Crippen LogP contribution is -2.43. The van der Waals surface area contributed by atoms with E-state index in [0.717, 1.165) is 0 Å². The van der Waals surface area contributed by atoms with Crippen LogP contribution in [-0.4, -0.2) is 6.66 Å². The molecule has 37 heavy (non-hydrogen) atoms. The topological polar surface area (TPSA) is 0 Å². The fourth-order valence-electron chi connectivity index (χ4n) is 3.29. The Morgan fingerprint density at radius 2 is 0.378 bits per heavy atom. The van der Waals surface area contributed by atoms with E-state index >= 15 is 0 Å². The van der Waals surface area contributed by atoms with Crippen LogP contribution >= 0.6 is 7.26 Å². The van der Waals surface area contributed by atoms with Crippen molar-refractivity contribution in [3.05, 3.63) is 87.3 Å². The van der Waals surface area contributed by atoms with Gasteiger partial charge in [-0.15, -0.1) is 0 Å². The van der Waals surface area contributed by atoms with Crippen molar-refractivity contribution < 1.29 is 65.9 Å². The molecule has 0 N–H and O–H groups in total. The van der Waals surface area contributed by atoms with Crippen molar-refractivity contribution in [2.75, 3.05) is 6.66 Å². The molecule has 0 bridgehead atoms. The summed E-state index contributed by atoms with van der Waals surface area (Å²) in [6.07, 6.45) is 0. The minimum absolute atomic E-state index is 0.165. The van der Waals surface area contributed by atoms with Crippen LogP contribution in [0.5, 0.6) is 0 Å². The van der Waals surface area contributed by atoms with E-state index in [2.05, 4.69) is 0 Å². The maximum absolute atomic E-state index is 14.7. The largest absolute Gasteiger partial charge is 0.207 e. The average molecular weight is 577 g/mol. The van der Waals surface area contributed by atoms with Gasteiger partial charge in [0.2, 0.25) is 87.3 Å². The second-order valence-corrected chi connectivity index (χ2v) is 10.1. The maximum atomic E-state index is 14.7. The Hall–Kier alpha value is -2.96. The summed E-state index contributed by atoms with van der Waals surface area (Å²) in [6, 6.07) is 0. The van der Waals surface area contributed by atoms with Gasteiger partial charge in [-0.05, 0) is 0 Å². The first-order chi connectivity index (χ1) is 17.0. The summed E-state index contributed by atoms with van der Waals surface area (Å²) < 4.78 is 212. The third kappa shape index (κ3) is 4.20. The monoisotopic (exact) mass is 577 g/mol. The Balaban J connectivity index is 0.00000235. The minimum Gasteiger partial charge on any atom is -0.200 e. The summed E-state index contributed by atoms with van der Waals surface area (Å²) in [6.45, 7) is 3.84. The molecule has 3 aromatic rings. The fourth-order valence-corrected chi connectivity index (χ4v) is 6.91. The van der Waals surface area contributed by atoms with Gasteiger partial charge < -0.3 is 0 Å². The first-order valence-electron chi connectivity index (χ1n) is 9.45. The fraction of sp³-hybridized carbons (Fsp3) is 0.143. The molecule has 0 radical (unpaired) electrons. The summed E-state index contributed by atoms with van der Waals surface area (Å²) in [5.41, 5.74) is 0. The van der Waals surface area contributed by atoms with Crippen molar-refractivity contribution in [3.63, 3.8) is 0 Å². The van der Waals surface area contributed by atoms with E-state index in [4.69, 9.17) is 0 Å². The SMILES string of the molecule is CC.C[P+](c1c(F)c(F)c(F)c(F)c1F)(c1c(F)c(F)c(F)c(F)c1F)c1c(F)c(F)c(F)c(F)c1F. The van der Waals surface area contributed by atoms with Crippen molar-refractivity contribution in [2.24, 2.45) is 0 Å². The van der Waals surface area contributed by atoms with Crippen LogP contribution in [-0.2, 0) is 0 Å². The van der Waals surface area contributed by atoms with Gasteiger partial charge in [0.1, 0.15) is 7.26 Å². The predicted molar refractivity (Wildman–Crippen MR) is 102 cm³/mol. The molecule has 0 nitrogen and oxygen atoms in total. The highest BCUT2D eigenvalue weighted by Crippen LogP contribution is 2.56. The molecule has 0 saturated heterocycles. The zero-order valence-corrected chi connectivity index (χ0v) is 19.0. The van der Waals surface area contributed by atoms with Gasteiger partial charge in [-0.3, -0.25) is 0 Å².